The number of amides is 1. The van der Waals surface area contributed by atoms with E-state index in [1.165, 1.54) is 12.1 Å². The Hall–Kier alpha value is -2.38. The van der Waals surface area contributed by atoms with Crippen LogP contribution in [0.4, 0.5) is 5.69 Å². The maximum Gasteiger partial charge on any atom is 0.240 e. The molecule has 6 nitrogen and oxygen atoms in total. The molecule has 0 aromatic heterocycles. The van der Waals surface area contributed by atoms with Crippen LogP contribution < -0.4 is 14.8 Å². The van der Waals surface area contributed by atoms with Crippen LogP contribution in [0.3, 0.4) is 0 Å². The lowest BCUT2D eigenvalue weighted by molar-refractivity contribution is -0.115. The summed E-state index contributed by atoms with van der Waals surface area (Å²) in [4.78, 5) is 12.4. The number of hydrogen-bond donors (Lipinski definition) is 2. The summed E-state index contributed by atoms with van der Waals surface area (Å²) >= 11 is 0. The molecule has 2 rings (SSSR count). The average Bonchev–Trinajstić information content (AvgIpc) is 2.54. The monoisotopic (exact) mass is 376 g/mol. The van der Waals surface area contributed by atoms with E-state index in [0.717, 1.165) is 11.1 Å². The number of anilines is 1. The average molecular weight is 376 g/mol. The topological polar surface area (TPSA) is 84.5 Å². The van der Waals surface area contributed by atoms with Crippen molar-refractivity contribution in [3.63, 3.8) is 0 Å². The summed E-state index contributed by atoms with van der Waals surface area (Å²) in [6, 6.07) is 11.5. The Balaban J connectivity index is 2.07. The van der Waals surface area contributed by atoms with Gasteiger partial charge in [0.05, 0.1) is 18.4 Å². The molecule has 0 radical (unpaired) electrons. The van der Waals surface area contributed by atoms with Crippen LogP contribution >= 0.6 is 0 Å². The lowest BCUT2D eigenvalue weighted by Gasteiger charge is -2.11. The number of methoxy groups -OCH3 is 1. The van der Waals surface area contributed by atoms with E-state index in [0.29, 0.717) is 11.4 Å². The van der Waals surface area contributed by atoms with Gasteiger partial charge in [0.15, 0.2) is 0 Å². The Morgan fingerprint density at radius 1 is 1.12 bits per heavy atom. The highest BCUT2D eigenvalue weighted by Crippen LogP contribution is 2.21. The summed E-state index contributed by atoms with van der Waals surface area (Å²) in [6.45, 7) is 5.46. The van der Waals surface area contributed by atoms with E-state index >= 15 is 0 Å². The fourth-order valence-electron chi connectivity index (χ4n) is 2.52. The zero-order valence-corrected chi connectivity index (χ0v) is 16.2. The predicted octanol–water partition coefficient (Wildman–Crippen LogP) is 2.87. The van der Waals surface area contributed by atoms with Gasteiger partial charge >= 0.3 is 0 Å². The quantitative estimate of drug-likeness (QED) is 0.778. The molecule has 1 amide bonds. The third-order valence-corrected chi connectivity index (χ3v) is 5.30. The summed E-state index contributed by atoms with van der Waals surface area (Å²) < 4.78 is 32.0. The highest BCUT2D eigenvalue weighted by atomic mass is 32.2. The molecular formula is C19H24N2O4S. The fourth-order valence-corrected chi connectivity index (χ4v) is 3.77. The molecule has 0 heterocycles. The summed E-state index contributed by atoms with van der Waals surface area (Å²) in [7, 11) is -1.98. The molecule has 0 saturated heterocycles. The van der Waals surface area contributed by atoms with E-state index < -0.39 is 10.0 Å². The van der Waals surface area contributed by atoms with Gasteiger partial charge in [-0.25, -0.2) is 13.1 Å². The molecule has 0 saturated carbocycles. The second-order valence-electron chi connectivity index (χ2n) is 6.34. The molecule has 0 unspecified atom stereocenters. The molecule has 0 aliphatic carbocycles. The zero-order valence-electron chi connectivity index (χ0n) is 15.4. The Kier molecular flexibility index (Phi) is 6.39. The predicted molar refractivity (Wildman–Crippen MR) is 102 cm³/mol. The molecule has 0 atom stereocenters. The standard InChI is InChI=1S/C19H24N2O4S/c1-13(2)21-26(23,24)17-8-6-16(7-9-17)20-19(22)12-15-11-14(3)5-10-18(15)25-4/h5-11,13,21H,12H2,1-4H3,(H,20,22). The van der Waals surface area contributed by atoms with E-state index in [1.54, 1.807) is 33.1 Å². The van der Waals surface area contributed by atoms with Gasteiger partial charge in [-0.3, -0.25) is 4.79 Å². The Morgan fingerprint density at radius 3 is 2.35 bits per heavy atom. The van der Waals surface area contributed by atoms with Crippen molar-refractivity contribution < 1.29 is 17.9 Å². The van der Waals surface area contributed by atoms with E-state index in [4.69, 9.17) is 4.74 Å². The van der Waals surface area contributed by atoms with Crippen molar-refractivity contribution in [2.45, 2.75) is 38.1 Å². The lowest BCUT2D eigenvalue weighted by Crippen LogP contribution is -2.30. The second-order valence-corrected chi connectivity index (χ2v) is 8.05. The zero-order chi connectivity index (χ0) is 19.3. The molecule has 2 aromatic carbocycles. The van der Waals surface area contributed by atoms with Crippen LogP contribution in [0.25, 0.3) is 0 Å². The van der Waals surface area contributed by atoms with Crippen LogP contribution in [0.1, 0.15) is 25.0 Å². The van der Waals surface area contributed by atoms with Crippen molar-refractivity contribution >= 4 is 21.6 Å². The molecule has 26 heavy (non-hydrogen) atoms. The SMILES string of the molecule is COc1ccc(C)cc1CC(=O)Nc1ccc(S(=O)(=O)NC(C)C)cc1. The van der Waals surface area contributed by atoms with Crippen LogP contribution in [0.2, 0.25) is 0 Å². The van der Waals surface area contributed by atoms with Gasteiger partial charge in [-0.1, -0.05) is 17.7 Å². The largest absolute Gasteiger partial charge is 0.496 e. The molecule has 0 aliphatic rings. The van der Waals surface area contributed by atoms with Crippen molar-refractivity contribution in [2.24, 2.45) is 0 Å². The molecule has 0 bridgehead atoms. The first kappa shape index (κ1) is 19.9. The van der Waals surface area contributed by atoms with Gasteiger partial charge in [0.25, 0.3) is 0 Å². The molecule has 0 aliphatic heterocycles. The third-order valence-electron chi connectivity index (χ3n) is 3.63. The lowest BCUT2D eigenvalue weighted by atomic mass is 10.1. The summed E-state index contributed by atoms with van der Waals surface area (Å²) in [5.74, 6) is 0.455. The third kappa shape index (κ3) is 5.31. The number of benzene rings is 2. The Morgan fingerprint density at radius 2 is 1.77 bits per heavy atom. The summed E-state index contributed by atoms with van der Waals surface area (Å²) in [6.07, 6.45) is 0.166. The van der Waals surface area contributed by atoms with Crippen molar-refractivity contribution in [3.8, 4) is 5.75 Å². The van der Waals surface area contributed by atoms with Gasteiger partial charge in [0, 0.05) is 17.3 Å². The molecule has 2 N–H and O–H groups in total. The highest BCUT2D eigenvalue weighted by Gasteiger charge is 2.15. The van der Waals surface area contributed by atoms with Gasteiger partial charge in [0.1, 0.15) is 5.75 Å². The van der Waals surface area contributed by atoms with Gasteiger partial charge in [-0.2, -0.15) is 0 Å². The number of carbonyl (C=O) groups excluding carboxylic acids is 1. The molecule has 0 fully saturated rings. The van der Waals surface area contributed by atoms with E-state index in [-0.39, 0.29) is 23.3 Å². The number of hydrogen-bond acceptors (Lipinski definition) is 4. The normalized spacial score (nSPS) is 11.4. The van der Waals surface area contributed by atoms with Crippen LogP contribution in [0.5, 0.6) is 5.75 Å². The minimum atomic E-state index is -3.55. The van der Waals surface area contributed by atoms with Crippen LogP contribution in [0.15, 0.2) is 47.4 Å². The van der Waals surface area contributed by atoms with E-state index in [2.05, 4.69) is 10.0 Å². The van der Waals surface area contributed by atoms with Gasteiger partial charge in [-0.05, 0) is 51.1 Å². The number of aryl methyl sites for hydroxylation is 1. The molecule has 140 valence electrons. The first-order valence-electron chi connectivity index (χ1n) is 8.27. The molecule has 0 spiro atoms. The minimum absolute atomic E-state index is 0.157. The molecular weight excluding hydrogens is 352 g/mol. The fraction of sp³-hybridized carbons (Fsp3) is 0.316. The van der Waals surface area contributed by atoms with Crippen molar-refractivity contribution in [3.05, 3.63) is 53.6 Å². The summed E-state index contributed by atoms with van der Waals surface area (Å²) in [5.41, 5.74) is 2.37. The number of ether oxygens (including phenoxy) is 1. The van der Waals surface area contributed by atoms with Crippen molar-refractivity contribution in [1.82, 2.24) is 4.72 Å². The van der Waals surface area contributed by atoms with Crippen molar-refractivity contribution in [1.29, 1.82) is 0 Å². The van der Waals surface area contributed by atoms with Crippen LogP contribution in [0, 0.1) is 6.92 Å². The number of rotatable bonds is 7. The molecule has 2 aromatic rings. The Bertz CT molecular complexity index is 875. The molecule has 7 heteroatoms. The number of sulfonamides is 1. The van der Waals surface area contributed by atoms with Crippen LogP contribution in [-0.2, 0) is 21.2 Å². The van der Waals surface area contributed by atoms with Crippen molar-refractivity contribution in [2.75, 3.05) is 12.4 Å². The maximum absolute atomic E-state index is 12.3. The van der Waals surface area contributed by atoms with Gasteiger partial charge < -0.3 is 10.1 Å². The maximum atomic E-state index is 12.3. The second kappa shape index (κ2) is 8.33. The first-order valence-corrected chi connectivity index (χ1v) is 9.75. The first-order chi connectivity index (χ1) is 12.2. The van der Waals surface area contributed by atoms with E-state index in [1.807, 2.05) is 25.1 Å². The number of carbonyl (C=O) groups is 1. The summed E-state index contributed by atoms with van der Waals surface area (Å²) in [5, 5.41) is 2.77. The minimum Gasteiger partial charge on any atom is -0.496 e. The Labute approximate surface area is 154 Å². The highest BCUT2D eigenvalue weighted by molar-refractivity contribution is 7.89. The van der Waals surface area contributed by atoms with Crippen LogP contribution in [-0.4, -0.2) is 27.5 Å². The van der Waals surface area contributed by atoms with Gasteiger partial charge in [0.2, 0.25) is 15.9 Å². The smallest absolute Gasteiger partial charge is 0.240 e. The van der Waals surface area contributed by atoms with E-state index in [9.17, 15) is 13.2 Å². The van der Waals surface area contributed by atoms with Gasteiger partial charge in [-0.15, -0.1) is 0 Å². The number of nitrogens with one attached hydrogen (secondary N) is 2.